The number of rotatable bonds is 0. The number of hydrogen-bond donors (Lipinski definition) is 0. The molecule has 0 unspecified atom stereocenters. The Kier molecular flexibility index (Phi) is 8680000. The summed E-state index contributed by atoms with van der Waals surface area (Å²) in [6.45, 7) is 0. The van der Waals surface area contributed by atoms with Crippen molar-refractivity contribution in [1.29, 1.82) is 0 Å². The molecule has 56 heavy (non-hydrogen) atoms. The molecule has 104 N–H and O–H groups in total. The molecule has 0 radical (unpaired) electrons. The van der Waals surface area contributed by atoms with Crippen LogP contribution in [0.15, 0.2) is 0 Å². The summed E-state index contributed by atoms with van der Waals surface area (Å²) in [7, 11) is 0. The third-order valence-electron chi connectivity index (χ3n) is 0. The van der Waals surface area contributed by atoms with Crippen molar-refractivity contribution in [2.45, 2.75) is 0 Å². The van der Waals surface area contributed by atoms with Crippen molar-refractivity contribution in [2.24, 2.45) is 0 Å². The molecule has 56 heteroatoms. The van der Waals surface area contributed by atoms with Gasteiger partial charge in [0.2, 0.25) is 0 Å². The van der Waals surface area contributed by atoms with Crippen molar-refractivity contribution in [1.82, 2.24) is 0 Å². The Morgan fingerprint density at radius 1 is 0.0357 bits per heavy atom. The quantitative estimate of drug-likeness (QED) is 0.204. The van der Waals surface area contributed by atoms with Crippen LogP contribution in [-0.4, -0.2) is 436 Å². The van der Waals surface area contributed by atoms with Crippen molar-refractivity contribution >= 4 is 151 Å². The van der Waals surface area contributed by atoms with Crippen LogP contribution in [0.4, 0.5) is 0 Å². The van der Waals surface area contributed by atoms with Crippen LogP contribution in [0.3, 0.4) is 0 Å². The summed E-state index contributed by atoms with van der Waals surface area (Å²) in [4.78, 5) is 0. The minimum absolute atomic E-state index is 0. The molecular formula is H112Ca4O52. The summed E-state index contributed by atoms with van der Waals surface area (Å²) in [5, 5.41) is 0. The maximum atomic E-state index is 0. The van der Waals surface area contributed by atoms with E-state index in [1.165, 1.54) is 0 Å². The van der Waals surface area contributed by atoms with E-state index in [0.29, 0.717) is 0 Å². The van der Waals surface area contributed by atoms with Crippen LogP contribution < -0.4 is 0 Å². The molecule has 0 saturated carbocycles. The van der Waals surface area contributed by atoms with Crippen molar-refractivity contribution in [3.63, 3.8) is 0 Å². The van der Waals surface area contributed by atoms with Crippen LogP contribution in [0.5, 0.6) is 0 Å². The fourth-order valence-corrected chi connectivity index (χ4v) is 0. The van der Waals surface area contributed by atoms with Gasteiger partial charge in [0.15, 0.2) is 0 Å². The summed E-state index contributed by atoms with van der Waals surface area (Å²) in [6.07, 6.45) is 0. The molecule has 0 aliphatic carbocycles. The monoisotopic (exact) mass is 1100 g/mol. The van der Waals surface area contributed by atoms with Gasteiger partial charge < -0.3 is 285 Å². The van der Waals surface area contributed by atoms with Gasteiger partial charge in [-0.25, -0.2) is 0 Å². The SMILES string of the molecule is O.O.O.O.O.O.O.O.O.O.O.O.O.O.O.O.O.O.O.O.O.O.O.O.O.O.O.O.O.O.O.O.O.O.O.O.O.O.O.O.O.O.O.O.O.O.O.O.O.O.O.O.[CaH2].[CaH2].[CaH2].[CaH2]. The molecule has 0 amide bonds. The fourth-order valence-electron chi connectivity index (χ4n) is 0. The van der Waals surface area contributed by atoms with E-state index in [-0.39, 0.29) is 436 Å². The molecule has 52 nitrogen and oxygen atoms in total. The molecule has 0 atom stereocenters. The molecular weight excluding hydrogens is 992 g/mol. The second-order valence-electron chi connectivity index (χ2n) is 0. The third kappa shape index (κ3) is 20400. The van der Waals surface area contributed by atoms with E-state index in [4.69, 9.17) is 0 Å². The van der Waals surface area contributed by atoms with E-state index in [1.54, 1.807) is 0 Å². The molecule has 0 rings (SSSR count). The molecule has 0 saturated heterocycles. The van der Waals surface area contributed by atoms with E-state index in [0.717, 1.165) is 0 Å². The Bertz CT molecular complexity index is 20.8. The van der Waals surface area contributed by atoms with Crippen LogP contribution in [0, 0.1) is 0 Å². The van der Waals surface area contributed by atoms with Gasteiger partial charge in [0.25, 0.3) is 0 Å². The van der Waals surface area contributed by atoms with Gasteiger partial charge in [-0.3, -0.25) is 0 Å². The van der Waals surface area contributed by atoms with Gasteiger partial charge in [-0.1, -0.05) is 0 Å². The Morgan fingerprint density at radius 2 is 0.0357 bits per heavy atom. The summed E-state index contributed by atoms with van der Waals surface area (Å²) in [6, 6.07) is 0. The van der Waals surface area contributed by atoms with Crippen molar-refractivity contribution in [3.8, 4) is 0 Å². The van der Waals surface area contributed by atoms with Gasteiger partial charge >= 0.3 is 151 Å². The zero-order valence-electron chi connectivity index (χ0n) is 26.0. The van der Waals surface area contributed by atoms with E-state index >= 15 is 0 Å². The molecule has 0 aromatic rings. The van der Waals surface area contributed by atoms with Gasteiger partial charge in [0, 0.05) is 0 Å². The van der Waals surface area contributed by atoms with Crippen LogP contribution in [-0.2, 0) is 0 Å². The first-order valence-electron chi connectivity index (χ1n) is 0. The molecule has 0 fully saturated rings. The Morgan fingerprint density at radius 3 is 0.0357 bits per heavy atom. The average molecular weight is 1110 g/mol. The molecule has 0 aliphatic heterocycles. The van der Waals surface area contributed by atoms with Gasteiger partial charge in [-0.2, -0.15) is 0 Å². The first kappa shape index (κ1) is 22600. The minimum atomic E-state index is 0. The number of hydrogen-bond acceptors (Lipinski definition) is 0. The van der Waals surface area contributed by atoms with Crippen molar-refractivity contribution in [3.05, 3.63) is 0 Å². The van der Waals surface area contributed by atoms with Crippen molar-refractivity contribution in [2.75, 3.05) is 0 Å². The molecule has 0 heterocycles. The molecule has 0 aromatic heterocycles. The second-order valence-corrected chi connectivity index (χ2v) is 0. The van der Waals surface area contributed by atoms with Crippen LogP contribution in [0.2, 0.25) is 0 Å². The summed E-state index contributed by atoms with van der Waals surface area (Å²) in [5.41, 5.74) is 0. The Labute approximate surface area is 431 Å². The molecule has 432 valence electrons. The zero-order valence-corrected chi connectivity index (χ0v) is 26.0. The third-order valence-corrected chi connectivity index (χ3v) is 0. The fraction of sp³-hybridized carbons (Fsp3) is 0. The van der Waals surface area contributed by atoms with Gasteiger partial charge in [0.1, 0.15) is 0 Å². The van der Waals surface area contributed by atoms with Gasteiger partial charge in [0.05, 0.1) is 0 Å². The molecule has 0 aromatic carbocycles. The van der Waals surface area contributed by atoms with E-state index in [2.05, 4.69) is 0 Å². The van der Waals surface area contributed by atoms with Gasteiger partial charge in [-0.15, -0.1) is 0 Å². The molecule has 0 spiro atoms. The standard InChI is InChI=1S/4Ca.52H2O.8H/h;;;;52*1H2;;;;;;;;. The van der Waals surface area contributed by atoms with E-state index in [9.17, 15) is 0 Å². The predicted molar refractivity (Wildman–Crippen MR) is 222 cm³/mol. The summed E-state index contributed by atoms with van der Waals surface area (Å²) < 4.78 is 0. The first-order chi connectivity index (χ1) is 0. The molecule has 0 aliphatic rings. The van der Waals surface area contributed by atoms with E-state index in [1.807, 2.05) is 0 Å². The van der Waals surface area contributed by atoms with Crippen LogP contribution in [0.1, 0.15) is 0 Å². The Hall–Kier alpha value is 2.96. The normalized spacial score (nSPS) is 0. The van der Waals surface area contributed by atoms with Crippen LogP contribution >= 0.6 is 0 Å². The first-order valence-corrected chi connectivity index (χ1v) is 0. The summed E-state index contributed by atoms with van der Waals surface area (Å²) >= 11 is 0. The topological polar surface area (TPSA) is 1640 Å². The summed E-state index contributed by atoms with van der Waals surface area (Å²) in [5.74, 6) is 0. The zero-order chi connectivity index (χ0) is 0. The Balaban J connectivity index is 0. The van der Waals surface area contributed by atoms with Crippen LogP contribution in [0.25, 0.3) is 0 Å². The average Bonchev–Trinajstić information content (AvgIpc) is 0. The maximum absolute atomic E-state index is 0. The van der Waals surface area contributed by atoms with E-state index < -0.39 is 0 Å². The second kappa shape index (κ2) is 21500. The molecule has 0 bridgehead atoms. The predicted octanol–water partition coefficient (Wildman–Crippen LogP) is -46.5. The van der Waals surface area contributed by atoms with Crippen molar-refractivity contribution < 1.29 is 285 Å². The van der Waals surface area contributed by atoms with Gasteiger partial charge in [-0.05, 0) is 0 Å².